The van der Waals surface area contributed by atoms with Gasteiger partial charge in [0.15, 0.2) is 0 Å². The molecule has 0 radical (unpaired) electrons. The van der Waals surface area contributed by atoms with Gasteiger partial charge in [0.1, 0.15) is 5.75 Å². The molecule has 1 N–H and O–H groups in total. The second-order valence-corrected chi connectivity index (χ2v) is 10.2. The van der Waals surface area contributed by atoms with Gasteiger partial charge in [0.2, 0.25) is 0 Å². The number of carbonyl (C=O) groups is 1. The van der Waals surface area contributed by atoms with Crippen LogP contribution in [0.2, 0.25) is 0 Å². The van der Waals surface area contributed by atoms with Crippen molar-refractivity contribution in [3.63, 3.8) is 0 Å². The Labute approximate surface area is 200 Å². The molecule has 0 aromatic heterocycles. The normalized spacial score (nSPS) is 12.1. The minimum Gasteiger partial charge on any atom is -0.494 e. The summed E-state index contributed by atoms with van der Waals surface area (Å²) in [6.07, 6.45) is 1.94. The molecule has 0 unspecified atom stereocenters. The lowest BCUT2D eigenvalue weighted by Crippen LogP contribution is -2.28. The second-order valence-electron chi connectivity index (χ2n) is 7.39. The Morgan fingerprint density at radius 2 is 1.61 bits per heavy atom. The number of thioether (sulfide) groups is 1. The molecule has 1 amide bonds. The molecule has 0 bridgehead atoms. The Balaban J connectivity index is 1.68. The fraction of sp³-hybridized carbons (Fsp3) is 0.240. The van der Waals surface area contributed by atoms with Gasteiger partial charge in [-0.3, -0.25) is 9.10 Å². The van der Waals surface area contributed by atoms with Crippen molar-refractivity contribution >= 4 is 33.4 Å². The van der Waals surface area contributed by atoms with Gasteiger partial charge in [-0.05, 0) is 86.3 Å². The molecule has 174 valence electrons. The van der Waals surface area contributed by atoms with Gasteiger partial charge in [-0.25, -0.2) is 8.42 Å². The molecule has 0 saturated carbocycles. The molecule has 3 aromatic carbocycles. The maximum absolute atomic E-state index is 12.9. The molecular formula is C25H28N2O4S2. The maximum atomic E-state index is 12.9. The minimum absolute atomic E-state index is 0.194. The van der Waals surface area contributed by atoms with Gasteiger partial charge in [0.25, 0.3) is 15.9 Å². The molecule has 0 aliphatic carbocycles. The molecule has 0 spiro atoms. The first-order valence-electron chi connectivity index (χ1n) is 10.5. The third kappa shape index (κ3) is 5.89. The standard InChI is InChI=1S/C25H28N2O4S2/c1-5-31-22-12-8-19(9-13-22)18(2)26-25(28)20-6-10-21(11-7-20)27(3)33(29,30)24-16-14-23(32-4)15-17-24/h6-18H,5H2,1-4H3,(H,26,28)/t18-/m1/s1. The number of ether oxygens (including phenoxy) is 1. The van der Waals surface area contributed by atoms with Crippen LogP contribution in [0.25, 0.3) is 0 Å². The highest BCUT2D eigenvalue weighted by molar-refractivity contribution is 7.98. The topological polar surface area (TPSA) is 75.7 Å². The van der Waals surface area contributed by atoms with E-state index in [1.165, 1.54) is 11.4 Å². The number of hydrogen-bond acceptors (Lipinski definition) is 5. The van der Waals surface area contributed by atoms with E-state index in [0.29, 0.717) is 17.9 Å². The van der Waals surface area contributed by atoms with Crippen molar-refractivity contribution in [3.05, 3.63) is 83.9 Å². The number of hydrogen-bond donors (Lipinski definition) is 1. The van der Waals surface area contributed by atoms with Crippen LogP contribution in [0.4, 0.5) is 5.69 Å². The van der Waals surface area contributed by atoms with Crippen LogP contribution >= 0.6 is 11.8 Å². The summed E-state index contributed by atoms with van der Waals surface area (Å²) in [6, 6.07) is 20.7. The Kier molecular flexibility index (Phi) is 8.05. The third-order valence-electron chi connectivity index (χ3n) is 5.25. The summed E-state index contributed by atoms with van der Waals surface area (Å²) in [5, 5.41) is 2.97. The lowest BCUT2D eigenvalue weighted by molar-refractivity contribution is 0.0940. The molecule has 6 nitrogen and oxygen atoms in total. The smallest absolute Gasteiger partial charge is 0.264 e. The van der Waals surface area contributed by atoms with Gasteiger partial charge in [0.05, 0.1) is 23.2 Å². The number of benzene rings is 3. The molecule has 3 aromatic rings. The fourth-order valence-electron chi connectivity index (χ4n) is 3.25. The number of amides is 1. The summed E-state index contributed by atoms with van der Waals surface area (Å²) in [5.74, 6) is 0.552. The zero-order valence-corrected chi connectivity index (χ0v) is 20.7. The number of rotatable bonds is 9. The number of carbonyl (C=O) groups excluding carboxylic acids is 1. The van der Waals surface area contributed by atoms with Crippen molar-refractivity contribution in [3.8, 4) is 5.75 Å². The van der Waals surface area contributed by atoms with E-state index in [1.54, 1.807) is 60.3 Å². The SMILES string of the molecule is CCOc1ccc([C@@H](C)NC(=O)c2ccc(N(C)S(=O)(=O)c3ccc(SC)cc3)cc2)cc1. The van der Waals surface area contributed by atoms with Crippen LogP contribution in [-0.2, 0) is 10.0 Å². The average Bonchev–Trinajstić information content (AvgIpc) is 2.84. The van der Waals surface area contributed by atoms with E-state index in [2.05, 4.69) is 5.32 Å². The summed E-state index contributed by atoms with van der Waals surface area (Å²) in [7, 11) is -2.20. The van der Waals surface area contributed by atoms with E-state index in [9.17, 15) is 13.2 Å². The summed E-state index contributed by atoms with van der Waals surface area (Å²) in [4.78, 5) is 13.9. The van der Waals surface area contributed by atoms with Crippen molar-refractivity contribution < 1.29 is 17.9 Å². The molecular weight excluding hydrogens is 456 g/mol. The maximum Gasteiger partial charge on any atom is 0.264 e. The third-order valence-corrected chi connectivity index (χ3v) is 7.79. The number of anilines is 1. The Hall–Kier alpha value is -2.97. The molecule has 0 saturated heterocycles. The van der Waals surface area contributed by atoms with Gasteiger partial charge < -0.3 is 10.1 Å². The molecule has 0 fully saturated rings. The zero-order chi connectivity index (χ0) is 24.0. The highest BCUT2D eigenvalue weighted by atomic mass is 32.2. The minimum atomic E-state index is -3.70. The van der Waals surface area contributed by atoms with E-state index in [1.807, 2.05) is 44.4 Å². The van der Waals surface area contributed by atoms with E-state index in [-0.39, 0.29) is 16.8 Å². The number of nitrogens with zero attached hydrogens (tertiary/aromatic N) is 1. The van der Waals surface area contributed by atoms with Crippen LogP contribution in [-0.4, -0.2) is 34.2 Å². The molecule has 33 heavy (non-hydrogen) atoms. The first-order valence-corrected chi connectivity index (χ1v) is 13.2. The summed E-state index contributed by atoms with van der Waals surface area (Å²) in [6.45, 7) is 4.44. The van der Waals surface area contributed by atoms with Crippen LogP contribution in [0, 0.1) is 0 Å². The van der Waals surface area contributed by atoms with E-state index in [0.717, 1.165) is 16.2 Å². The quantitative estimate of drug-likeness (QED) is 0.427. The fourth-order valence-corrected chi connectivity index (χ4v) is 4.85. The highest BCUT2D eigenvalue weighted by Gasteiger charge is 2.21. The van der Waals surface area contributed by atoms with E-state index < -0.39 is 10.0 Å². The molecule has 0 aliphatic heterocycles. The van der Waals surface area contributed by atoms with Gasteiger partial charge in [-0.2, -0.15) is 0 Å². The Morgan fingerprint density at radius 3 is 2.15 bits per heavy atom. The van der Waals surface area contributed by atoms with Crippen LogP contribution in [0.3, 0.4) is 0 Å². The largest absolute Gasteiger partial charge is 0.494 e. The lowest BCUT2D eigenvalue weighted by Gasteiger charge is -2.20. The van der Waals surface area contributed by atoms with Gasteiger partial charge in [-0.15, -0.1) is 11.8 Å². The van der Waals surface area contributed by atoms with Crippen molar-refractivity contribution in [1.29, 1.82) is 0 Å². The highest BCUT2D eigenvalue weighted by Crippen LogP contribution is 2.25. The summed E-state index contributed by atoms with van der Waals surface area (Å²) in [5.41, 5.74) is 1.88. The van der Waals surface area contributed by atoms with Gasteiger partial charge in [0, 0.05) is 17.5 Å². The molecule has 1 atom stereocenters. The predicted octanol–water partition coefficient (Wildman–Crippen LogP) is 5.12. The molecule has 8 heteroatoms. The van der Waals surface area contributed by atoms with Crippen LogP contribution in [0.5, 0.6) is 5.75 Å². The first kappa shape index (κ1) is 24.7. The van der Waals surface area contributed by atoms with Gasteiger partial charge in [-0.1, -0.05) is 12.1 Å². The number of nitrogens with one attached hydrogen (secondary N) is 1. The van der Waals surface area contributed by atoms with Crippen LogP contribution < -0.4 is 14.4 Å². The van der Waals surface area contributed by atoms with Gasteiger partial charge >= 0.3 is 0 Å². The summed E-state index contributed by atoms with van der Waals surface area (Å²) < 4.78 is 32.6. The van der Waals surface area contributed by atoms with Crippen molar-refractivity contribution in [2.45, 2.75) is 29.7 Å². The van der Waals surface area contributed by atoms with E-state index in [4.69, 9.17) is 4.74 Å². The average molecular weight is 485 g/mol. The second kappa shape index (κ2) is 10.8. The molecule has 0 heterocycles. The van der Waals surface area contributed by atoms with Crippen LogP contribution in [0.15, 0.2) is 82.6 Å². The van der Waals surface area contributed by atoms with Crippen molar-refractivity contribution in [2.75, 3.05) is 24.2 Å². The summed E-state index contributed by atoms with van der Waals surface area (Å²) >= 11 is 1.55. The lowest BCUT2D eigenvalue weighted by atomic mass is 10.1. The molecule has 3 rings (SSSR count). The Morgan fingerprint density at radius 1 is 1.00 bits per heavy atom. The van der Waals surface area contributed by atoms with Crippen molar-refractivity contribution in [2.24, 2.45) is 0 Å². The first-order chi connectivity index (χ1) is 15.8. The Bertz CT molecular complexity index is 1180. The predicted molar refractivity (Wildman–Crippen MR) is 134 cm³/mol. The van der Waals surface area contributed by atoms with Crippen LogP contribution in [0.1, 0.15) is 35.8 Å². The molecule has 0 aliphatic rings. The van der Waals surface area contributed by atoms with Crippen molar-refractivity contribution in [1.82, 2.24) is 5.32 Å². The monoisotopic (exact) mass is 484 g/mol. The van der Waals surface area contributed by atoms with E-state index >= 15 is 0 Å². The zero-order valence-electron chi connectivity index (χ0n) is 19.1. The number of sulfonamides is 1.